The fraction of sp³-hybridized carbons (Fsp3) is 0.214. The van der Waals surface area contributed by atoms with Crippen molar-refractivity contribution in [2.75, 3.05) is 13.7 Å². The zero-order chi connectivity index (χ0) is 26.9. The molecule has 0 aliphatic rings. The van der Waals surface area contributed by atoms with Gasteiger partial charge in [-0.05, 0) is 56.7 Å². The number of ether oxygens (including phenoxy) is 1. The van der Waals surface area contributed by atoms with Gasteiger partial charge in [-0.2, -0.15) is 0 Å². The van der Waals surface area contributed by atoms with Gasteiger partial charge in [0.15, 0.2) is 11.6 Å². The van der Waals surface area contributed by atoms with Crippen LogP contribution in [0, 0.1) is 17.5 Å². The lowest BCUT2D eigenvalue weighted by Crippen LogP contribution is -2.46. The summed E-state index contributed by atoms with van der Waals surface area (Å²) in [6.07, 6.45) is 4.66. The molecular formula is C28H26F3N3O3. The highest BCUT2D eigenvalue weighted by Gasteiger charge is 2.20. The normalized spacial score (nSPS) is 12.2. The smallest absolute Gasteiger partial charge is 0.247 e. The molecule has 0 atom stereocenters. The zero-order valence-electron chi connectivity index (χ0n) is 20.7. The first-order valence-electron chi connectivity index (χ1n) is 11.4. The number of pyridine rings is 1. The van der Waals surface area contributed by atoms with Gasteiger partial charge in [-0.1, -0.05) is 6.07 Å². The third-order valence-corrected chi connectivity index (χ3v) is 5.92. The topological polar surface area (TPSA) is 87.2 Å². The van der Waals surface area contributed by atoms with Gasteiger partial charge in [-0.3, -0.25) is 4.79 Å². The summed E-state index contributed by atoms with van der Waals surface area (Å²) in [6, 6.07) is 7.99. The van der Waals surface area contributed by atoms with Crippen LogP contribution in [-0.4, -0.2) is 40.2 Å². The molecule has 2 heterocycles. The first-order chi connectivity index (χ1) is 17.5. The largest absolute Gasteiger partial charge is 0.493 e. The van der Waals surface area contributed by atoms with E-state index in [0.717, 1.165) is 12.1 Å². The minimum absolute atomic E-state index is 0.121. The molecule has 0 spiro atoms. The minimum Gasteiger partial charge on any atom is -0.493 e. The van der Waals surface area contributed by atoms with Crippen LogP contribution < -0.4 is 10.1 Å². The lowest BCUT2D eigenvalue weighted by Gasteiger charge is -2.23. The Hall–Kier alpha value is -4.11. The molecule has 0 unspecified atom stereocenters. The monoisotopic (exact) mass is 509 g/mol. The molecule has 37 heavy (non-hydrogen) atoms. The Morgan fingerprint density at radius 3 is 2.57 bits per heavy atom. The molecule has 0 fully saturated rings. The number of benzene rings is 2. The second-order valence-electron chi connectivity index (χ2n) is 9.35. The van der Waals surface area contributed by atoms with E-state index >= 15 is 0 Å². The van der Waals surface area contributed by atoms with Gasteiger partial charge < -0.3 is 20.1 Å². The van der Waals surface area contributed by atoms with Crippen LogP contribution in [-0.2, 0) is 4.79 Å². The lowest BCUT2D eigenvalue weighted by atomic mass is 9.99. The molecule has 1 amide bonds. The first-order valence-corrected chi connectivity index (χ1v) is 11.4. The summed E-state index contributed by atoms with van der Waals surface area (Å²) in [4.78, 5) is 19.8. The Morgan fingerprint density at radius 1 is 1.11 bits per heavy atom. The molecule has 2 aromatic heterocycles. The number of rotatable bonds is 7. The van der Waals surface area contributed by atoms with Gasteiger partial charge >= 0.3 is 0 Å². The van der Waals surface area contributed by atoms with E-state index in [0.29, 0.717) is 33.3 Å². The summed E-state index contributed by atoms with van der Waals surface area (Å²) in [6.45, 7) is 4.79. The number of H-pyrrole nitrogens is 1. The SMILES string of the molecule is COc1c(F)cc(F)cc1-c1c[nH]c2ncc(-c3cc(C=C(C)C(=O)NC(C)(C)CO)ccc3F)cc12. The molecule has 0 aliphatic heterocycles. The van der Waals surface area contributed by atoms with Crippen molar-refractivity contribution in [1.82, 2.24) is 15.3 Å². The summed E-state index contributed by atoms with van der Waals surface area (Å²) < 4.78 is 48.4. The van der Waals surface area contributed by atoms with Gasteiger partial charge in [0.1, 0.15) is 17.3 Å². The third-order valence-electron chi connectivity index (χ3n) is 5.92. The highest BCUT2D eigenvalue weighted by atomic mass is 19.1. The van der Waals surface area contributed by atoms with Crippen LogP contribution in [0.5, 0.6) is 5.75 Å². The molecule has 4 aromatic rings. The van der Waals surface area contributed by atoms with Crippen LogP contribution in [0.4, 0.5) is 13.2 Å². The molecule has 3 N–H and O–H groups in total. The summed E-state index contributed by atoms with van der Waals surface area (Å²) in [5, 5.41) is 12.6. The number of aromatic amines is 1. The fourth-order valence-corrected chi connectivity index (χ4v) is 3.96. The molecule has 192 valence electrons. The Labute approximate surface area is 211 Å². The summed E-state index contributed by atoms with van der Waals surface area (Å²) in [5.41, 5.74) is 1.90. The number of aliphatic hydroxyl groups is 1. The number of fused-ring (bicyclic) bond motifs is 1. The van der Waals surface area contributed by atoms with Crippen molar-refractivity contribution in [2.45, 2.75) is 26.3 Å². The molecule has 0 saturated heterocycles. The van der Waals surface area contributed by atoms with Gasteiger partial charge in [-0.25, -0.2) is 18.2 Å². The van der Waals surface area contributed by atoms with E-state index in [1.54, 1.807) is 51.2 Å². The lowest BCUT2D eigenvalue weighted by molar-refractivity contribution is -0.119. The molecule has 9 heteroatoms. The number of carbonyl (C=O) groups is 1. The van der Waals surface area contributed by atoms with E-state index in [2.05, 4.69) is 15.3 Å². The molecule has 0 aliphatic carbocycles. The van der Waals surface area contributed by atoms with E-state index in [-0.39, 0.29) is 29.4 Å². The van der Waals surface area contributed by atoms with Gasteiger partial charge in [0.2, 0.25) is 5.91 Å². The molecule has 0 saturated carbocycles. The van der Waals surface area contributed by atoms with Gasteiger partial charge in [0.25, 0.3) is 0 Å². The Bertz CT molecular complexity index is 1530. The highest BCUT2D eigenvalue weighted by Crippen LogP contribution is 2.38. The number of nitrogens with one attached hydrogen (secondary N) is 2. The minimum atomic E-state index is -0.844. The maximum absolute atomic E-state index is 14.9. The van der Waals surface area contributed by atoms with Gasteiger partial charge in [0.05, 0.1) is 19.3 Å². The highest BCUT2D eigenvalue weighted by molar-refractivity contribution is 5.99. The standard InChI is InChI=1S/C28H26F3N3O3/c1-15(27(36)34-28(2,3)14-35)7-16-5-6-23(30)19(8-16)17-9-21-22(13-33-26(21)32-12-17)20-10-18(29)11-24(31)25(20)37-4/h5-13,35H,14H2,1-4H3,(H,32,33)(H,34,36). The molecule has 4 rings (SSSR count). The van der Waals surface area contributed by atoms with Gasteiger partial charge in [-0.15, -0.1) is 0 Å². The third kappa shape index (κ3) is 5.36. The molecule has 0 radical (unpaired) electrons. The second kappa shape index (κ2) is 10.1. The maximum Gasteiger partial charge on any atom is 0.247 e. The Morgan fingerprint density at radius 2 is 1.86 bits per heavy atom. The van der Waals surface area contributed by atoms with Crippen LogP contribution >= 0.6 is 0 Å². The summed E-state index contributed by atoms with van der Waals surface area (Å²) >= 11 is 0. The van der Waals surface area contributed by atoms with E-state index in [9.17, 15) is 23.1 Å². The average molecular weight is 510 g/mol. The summed E-state index contributed by atoms with van der Waals surface area (Å²) in [5.74, 6) is -2.60. The average Bonchev–Trinajstić information content (AvgIpc) is 3.27. The fourth-order valence-electron chi connectivity index (χ4n) is 3.96. The molecule has 2 aromatic carbocycles. The van der Waals surface area contributed by atoms with E-state index < -0.39 is 23.0 Å². The maximum atomic E-state index is 14.9. The number of aliphatic hydroxyl groups excluding tert-OH is 1. The van der Waals surface area contributed by atoms with Crippen molar-refractivity contribution in [3.8, 4) is 28.0 Å². The van der Waals surface area contributed by atoms with Crippen molar-refractivity contribution in [3.63, 3.8) is 0 Å². The molecular weight excluding hydrogens is 483 g/mol. The van der Waals surface area contributed by atoms with Gasteiger partial charge in [0, 0.05) is 51.7 Å². The van der Waals surface area contributed by atoms with Crippen LogP contribution in [0.15, 0.2) is 54.4 Å². The van der Waals surface area contributed by atoms with E-state index in [4.69, 9.17) is 4.74 Å². The summed E-state index contributed by atoms with van der Waals surface area (Å²) in [7, 11) is 1.29. The predicted octanol–water partition coefficient (Wildman–Crippen LogP) is 5.61. The van der Waals surface area contributed by atoms with Crippen molar-refractivity contribution in [2.24, 2.45) is 0 Å². The second-order valence-corrected chi connectivity index (χ2v) is 9.35. The quantitative estimate of drug-likeness (QED) is 0.283. The van der Waals surface area contributed by atoms with Crippen molar-refractivity contribution in [3.05, 3.63) is 77.4 Å². The number of amides is 1. The van der Waals surface area contributed by atoms with E-state index in [1.807, 2.05) is 0 Å². The first kappa shape index (κ1) is 26.0. The van der Waals surface area contributed by atoms with Crippen LogP contribution in [0.25, 0.3) is 39.4 Å². The Kier molecular flexibility index (Phi) is 7.09. The number of aromatic nitrogens is 2. The number of methoxy groups -OCH3 is 1. The number of hydrogen-bond donors (Lipinski definition) is 3. The van der Waals surface area contributed by atoms with Crippen molar-refractivity contribution < 1.29 is 27.8 Å². The van der Waals surface area contributed by atoms with Crippen LogP contribution in [0.3, 0.4) is 0 Å². The molecule has 6 nitrogen and oxygen atoms in total. The van der Waals surface area contributed by atoms with E-state index in [1.165, 1.54) is 19.4 Å². The zero-order valence-corrected chi connectivity index (χ0v) is 20.7. The number of carbonyl (C=O) groups excluding carboxylic acids is 1. The van der Waals surface area contributed by atoms with Crippen molar-refractivity contribution in [1.29, 1.82) is 0 Å². The van der Waals surface area contributed by atoms with Crippen molar-refractivity contribution >= 4 is 23.0 Å². The molecule has 0 bridgehead atoms. The Balaban J connectivity index is 1.76. The van der Waals surface area contributed by atoms with Crippen LogP contribution in [0.1, 0.15) is 26.3 Å². The number of hydrogen-bond acceptors (Lipinski definition) is 4. The predicted molar refractivity (Wildman–Crippen MR) is 136 cm³/mol. The number of nitrogens with zero attached hydrogens (tertiary/aromatic N) is 1. The number of halogens is 3. The van der Waals surface area contributed by atoms with Crippen LogP contribution in [0.2, 0.25) is 0 Å².